The summed E-state index contributed by atoms with van der Waals surface area (Å²) in [6.07, 6.45) is 0.858. The Kier molecular flexibility index (Phi) is 8.47. The fourth-order valence-corrected chi connectivity index (χ4v) is 5.69. The average Bonchev–Trinajstić information content (AvgIpc) is 2.96. The van der Waals surface area contributed by atoms with Crippen molar-refractivity contribution < 1.29 is 14.3 Å². The van der Waals surface area contributed by atoms with Crippen LogP contribution in [0.1, 0.15) is 38.2 Å². The van der Waals surface area contributed by atoms with Crippen molar-refractivity contribution in [2.24, 2.45) is 0 Å². The molecule has 1 aliphatic rings. The minimum atomic E-state index is -0.143. The van der Waals surface area contributed by atoms with Crippen LogP contribution in [0.2, 0.25) is 5.15 Å². The third kappa shape index (κ3) is 6.35. The van der Waals surface area contributed by atoms with Gasteiger partial charge in [0.25, 0.3) is 5.91 Å². The van der Waals surface area contributed by atoms with Crippen molar-refractivity contribution in [3.05, 3.63) is 99.2 Å². The summed E-state index contributed by atoms with van der Waals surface area (Å²) in [5, 5.41) is 3.97. The fourth-order valence-electron chi connectivity index (χ4n) is 4.66. The number of benzene rings is 3. The Labute approximate surface area is 243 Å². The van der Waals surface area contributed by atoms with E-state index in [1.165, 1.54) is 28.5 Å². The summed E-state index contributed by atoms with van der Waals surface area (Å²) in [7, 11) is 3.30. The lowest BCUT2D eigenvalue weighted by Crippen LogP contribution is -2.31. The highest BCUT2D eigenvalue weighted by atomic mass is 35.5. The summed E-state index contributed by atoms with van der Waals surface area (Å²) in [4.78, 5) is 24.3. The SMILES string of the molecule is COc1cc2c(cc1OC)CN(c1cc(Cl)nc(SCc3cccc(C(=O)Nc4ccc(C)c(C)c4)c3)n1)CC2. The molecule has 7 nitrogen and oxygen atoms in total. The lowest BCUT2D eigenvalue weighted by atomic mass is 9.99. The molecule has 0 radical (unpaired) electrons. The number of hydrogen-bond donors (Lipinski definition) is 1. The number of halogens is 1. The van der Waals surface area contributed by atoms with Gasteiger partial charge in [-0.2, -0.15) is 0 Å². The van der Waals surface area contributed by atoms with Gasteiger partial charge in [0, 0.05) is 36.2 Å². The average molecular weight is 575 g/mol. The molecule has 0 spiro atoms. The van der Waals surface area contributed by atoms with Crippen molar-refractivity contribution in [1.82, 2.24) is 9.97 Å². The normalized spacial score (nSPS) is 12.6. The third-order valence-electron chi connectivity index (χ3n) is 7.02. The topological polar surface area (TPSA) is 76.6 Å². The van der Waals surface area contributed by atoms with E-state index in [9.17, 15) is 4.79 Å². The molecule has 3 aromatic carbocycles. The van der Waals surface area contributed by atoms with Crippen LogP contribution in [0, 0.1) is 13.8 Å². The van der Waals surface area contributed by atoms with Crippen molar-refractivity contribution >= 4 is 40.8 Å². The molecule has 40 heavy (non-hydrogen) atoms. The highest BCUT2D eigenvalue weighted by molar-refractivity contribution is 7.98. The Balaban J connectivity index is 1.27. The van der Waals surface area contributed by atoms with E-state index in [0.717, 1.165) is 41.3 Å². The van der Waals surface area contributed by atoms with Crippen molar-refractivity contribution in [3.63, 3.8) is 0 Å². The number of rotatable bonds is 8. The van der Waals surface area contributed by atoms with E-state index in [4.69, 9.17) is 26.1 Å². The van der Waals surface area contributed by atoms with Crippen molar-refractivity contribution in [1.29, 1.82) is 0 Å². The number of nitrogens with zero attached hydrogens (tertiary/aromatic N) is 3. The molecule has 0 bridgehead atoms. The molecule has 1 amide bonds. The Morgan fingerprint density at radius 3 is 2.50 bits per heavy atom. The number of hydrogen-bond acceptors (Lipinski definition) is 7. The van der Waals surface area contributed by atoms with Crippen LogP contribution in [-0.2, 0) is 18.7 Å². The summed E-state index contributed by atoms with van der Waals surface area (Å²) in [5.74, 6) is 2.69. The monoisotopic (exact) mass is 574 g/mol. The highest BCUT2D eigenvalue weighted by Gasteiger charge is 2.21. The van der Waals surface area contributed by atoms with Gasteiger partial charge in [0.15, 0.2) is 16.7 Å². The standard InChI is InChI=1S/C31H31ClN4O3S/c1-19-8-9-25(12-20(19)2)33-30(37)23-7-5-6-21(13-23)18-40-31-34-28(32)16-29(35-31)36-11-10-22-14-26(38-3)27(39-4)15-24(22)17-36/h5-9,12-16H,10-11,17-18H2,1-4H3,(H,33,37). The summed E-state index contributed by atoms with van der Waals surface area (Å²) >= 11 is 7.91. The lowest BCUT2D eigenvalue weighted by Gasteiger charge is -2.30. The number of carbonyl (C=O) groups is 1. The smallest absolute Gasteiger partial charge is 0.255 e. The van der Waals surface area contributed by atoms with Gasteiger partial charge >= 0.3 is 0 Å². The van der Waals surface area contributed by atoms with Gasteiger partial charge in [-0.25, -0.2) is 9.97 Å². The zero-order valence-electron chi connectivity index (χ0n) is 23.0. The van der Waals surface area contributed by atoms with Crippen molar-refractivity contribution in [3.8, 4) is 11.5 Å². The summed E-state index contributed by atoms with van der Waals surface area (Å²) < 4.78 is 11.0. The molecule has 2 heterocycles. The number of thioether (sulfide) groups is 1. The van der Waals surface area contributed by atoms with E-state index < -0.39 is 0 Å². The van der Waals surface area contributed by atoms with E-state index in [1.807, 2.05) is 55.5 Å². The summed E-state index contributed by atoms with van der Waals surface area (Å²) in [6.45, 7) is 5.57. The van der Waals surface area contributed by atoms with Crippen LogP contribution in [0.3, 0.4) is 0 Å². The van der Waals surface area contributed by atoms with Gasteiger partial charge in [-0.1, -0.05) is 41.6 Å². The minimum absolute atomic E-state index is 0.143. The molecule has 0 atom stereocenters. The molecule has 206 valence electrons. The number of aromatic nitrogens is 2. The van der Waals surface area contributed by atoms with Crippen LogP contribution in [0.4, 0.5) is 11.5 Å². The number of aryl methyl sites for hydroxylation is 2. The maximum absolute atomic E-state index is 12.9. The highest BCUT2D eigenvalue weighted by Crippen LogP contribution is 2.35. The van der Waals surface area contributed by atoms with E-state index >= 15 is 0 Å². The zero-order valence-corrected chi connectivity index (χ0v) is 24.5. The maximum atomic E-state index is 12.9. The van der Waals surface area contributed by atoms with E-state index in [-0.39, 0.29) is 5.91 Å². The van der Waals surface area contributed by atoms with Gasteiger partial charge in [0.2, 0.25) is 0 Å². The molecule has 0 fully saturated rings. The molecule has 0 saturated carbocycles. The van der Waals surface area contributed by atoms with Gasteiger partial charge < -0.3 is 19.7 Å². The van der Waals surface area contributed by atoms with Crippen LogP contribution in [0.15, 0.2) is 65.8 Å². The second-order valence-corrected chi connectivity index (χ2v) is 11.1. The van der Waals surface area contributed by atoms with Crippen LogP contribution in [0.25, 0.3) is 0 Å². The minimum Gasteiger partial charge on any atom is -0.493 e. The number of carbonyl (C=O) groups excluding carboxylic acids is 1. The predicted molar refractivity (Wildman–Crippen MR) is 161 cm³/mol. The number of anilines is 2. The first kappa shape index (κ1) is 27.8. The Bertz CT molecular complexity index is 1560. The molecule has 1 N–H and O–H groups in total. The van der Waals surface area contributed by atoms with E-state index in [0.29, 0.717) is 33.9 Å². The van der Waals surface area contributed by atoms with Crippen LogP contribution in [-0.4, -0.2) is 36.6 Å². The second-order valence-electron chi connectivity index (χ2n) is 9.72. The number of ether oxygens (including phenoxy) is 2. The fraction of sp³-hybridized carbons (Fsp3) is 0.258. The first-order valence-corrected chi connectivity index (χ1v) is 14.3. The first-order valence-electron chi connectivity index (χ1n) is 13.0. The quantitative estimate of drug-likeness (QED) is 0.140. The summed E-state index contributed by atoms with van der Waals surface area (Å²) in [6, 6.07) is 19.4. The summed E-state index contributed by atoms with van der Waals surface area (Å²) in [5.41, 5.74) is 7.12. The first-order chi connectivity index (χ1) is 19.3. The Morgan fingerprint density at radius 1 is 0.975 bits per heavy atom. The molecule has 0 saturated heterocycles. The molecule has 4 aromatic rings. The van der Waals surface area contributed by atoms with E-state index in [2.05, 4.69) is 28.2 Å². The lowest BCUT2D eigenvalue weighted by molar-refractivity contribution is 0.102. The molecular formula is C31H31ClN4O3S. The molecular weight excluding hydrogens is 544 g/mol. The number of methoxy groups -OCH3 is 2. The van der Waals surface area contributed by atoms with Crippen LogP contribution >= 0.6 is 23.4 Å². The largest absolute Gasteiger partial charge is 0.493 e. The second kappa shape index (κ2) is 12.2. The van der Waals surface area contributed by atoms with Crippen molar-refractivity contribution in [2.45, 2.75) is 37.7 Å². The predicted octanol–water partition coefficient (Wildman–Crippen LogP) is 6.87. The third-order valence-corrected chi connectivity index (χ3v) is 8.14. The van der Waals surface area contributed by atoms with Gasteiger partial charge in [0.1, 0.15) is 11.0 Å². The van der Waals surface area contributed by atoms with Gasteiger partial charge in [0.05, 0.1) is 14.2 Å². The van der Waals surface area contributed by atoms with Gasteiger partial charge in [-0.05, 0) is 84.5 Å². The molecule has 1 aliphatic heterocycles. The molecule has 1 aromatic heterocycles. The molecule has 5 rings (SSSR count). The Hall–Kier alpha value is -3.75. The van der Waals surface area contributed by atoms with Gasteiger partial charge in [-0.3, -0.25) is 4.79 Å². The number of amides is 1. The van der Waals surface area contributed by atoms with Gasteiger partial charge in [-0.15, -0.1) is 0 Å². The van der Waals surface area contributed by atoms with E-state index in [1.54, 1.807) is 20.3 Å². The molecule has 9 heteroatoms. The number of fused-ring (bicyclic) bond motifs is 1. The van der Waals surface area contributed by atoms with Crippen molar-refractivity contribution in [2.75, 3.05) is 31.0 Å². The van der Waals surface area contributed by atoms with Crippen LogP contribution in [0.5, 0.6) is 11.5 Å². The maximum Gasteiger partial charge on any atom is 0.255 e. The van der Waals surface area contributed by atoms with Crippen LogP contribution < -0.4 is 19.7 Å². The number of nitrogens with one attached hydrogen (secondary N) is 1. The zero-order chi connectivity index (χ0) is 28.2. The Morgan fingerprint density at radius 2 is 1.75 bits per heavy atom. The molecule has 0 unspecified atom stereocenters. The molecule has 0 aliphatic carbocycles.